The molecule has 1 N–H and O–H groups in total. The molecule has 5 heteroatoms. The van der Waals surface area contributed by atoms with Crippen LogP contribution in [0.25, 0.3) is 11.3 Å². The summed E-state index contributed by atoms with van der Waals surface area (Å²) in [7, 11) is 1.57. The van der Waals surface area contributed by atoms with Crippen LogP contribution in [0.3, 0.4) is 0 Å². The fourth-order valence-corrected chi connectivity index (χ4v) is 1.36. The van der Waals surface area contributed by atoms with E-state index in [2.05, 4.69) is 10.2 Å². The summed E-state index contributed by atoms with van der Waals surface area (Å²) in [5, 5.41) is 6.12. The molecule has 0 fully saturated rings. The molecule has 3 nitrogen and oxygen atoms in total. The van der Waals surface area contributed by atoms with E-state index in [1.54, 1.807) is 31.4 Å². The van der Waals surface area contributed by atoms with Crippen LogP contribution >= 0.6 is 0 Å². The first-order valence-corrected chi connectivity index (χ1v) is 4.68. The van der Waals surface area contributed by atoms with Gasteiger partial charge in [0.05, 0.1) is 12.8 Å². The Morgan fingerprint density at radius 1 is 1.25 bits per heavy atom. The van der Waals surface area contributed by atoms with Gasteiger partial charge in [-0.2, -0.15) is 5.10 Å². The summed E-state index contributed by atoms with van der Waals surface area (Å²) in [5.41, 5.74) is 1.09. The van der Waals surface area contributed by atoms with Crippen molar-refractivity contribution in [2.24, 2.45) is 0 Å². The van der Waals surface area contributed by atoms with Gasteiger partial charge in [0.2, 0.25) is 0 Å². The molecular weight excluding hydrogens is 214 g/mol. The Labute approximate surface area is 91.1 Å². The van der Waals surface area contributed by atoms with Gasteiger partial charge in [-0.05, 0) is 30.3 Å². The van der Waals surface area contributed by atoms with E-state index < -0.39 is 6.43 Å². The van der Waals surface area contributed by atoms with Crippen molar-refractivity contribution in [3.05, 3.63) is 36.0 Å². The van der Waals surface area contributed by atoms with Crippen molar-refractivity contribution >= 4 is 0 Å². The number of hydrogen-bond donors (Lipinski definition) is 1. The van der Waals surface area contributed by atoms with Crippen LogP contribution in [0.5, 0.6) is 5.75 Å². The number of aromatic amines is 1. The zero-order chi connectivity index (χ0) is 11.5. The Morgan fingerprint density at radius 2 is 1.94 bits per heavy atom. The molecule has 0 unspecified atom stereocenters. The average molecular weight is 224 g/mol. The summed E-state index contributed by atoms with van der Waals surface area (Å²) in [5.74, 6) is 0.716. The quantitative estimate of drug-likeness (QED) is 0.870. The number of alkyl halides is 2. The predicted octanol–water partition coefficient (Wildman–Crippen LogP) is 3.02. The second kappa shape index (κ2) is 4.30. The molecule has 84 valence electrons. The van der Waals surface area contributed by atoms with Gasteiger partial charge in [0, 0.05) is 5.56 Å². The molecule has 0 saturated heterocycles. The topological polar surface area (TPSA) is 37.9 Å². The minimum Gasteiger partial charge on any atom is -0.497 e. The number of nitrogens with one attached hydrogen (secondary N) is 1. The van der Waals surface area contributed by atoms with E-state index >= 15 is 0 Å². The molecule has 2 aromatic rings. The molecule has 0 aliphatic rings. The average Bonchev–Trinajstić information content (AvgIpc) is 2.78. The molecular formula is C11H10F2N2O. The molecule has 0 bridgehead atoms. The minimum absolute atomic E-state index is 0.175. The molecule has 0 aliphatic heterocycles. The smallest absolute Gasteiger partial charge is 0.279 e. The lowest BCUT2D eigenvalue weighted by Crippen LogP contribution is -1.82. The lowest BCUT2D eigenvalue weighted by molar-refractivity contribution is 0.146. The fourth-order valence-electron chi connectivity index (χ4n) is 1.36. The summed E-state index contributed by atoms with van der Waals surface area (Å²) < 4.78 is 29.6. The van der Waals surface area contributed by atoms with Crippen LogP contribution in [0.4, 0.5) is 8.78 Å². The molecule has 0 radical (unpaired) electrons. The van der Waals surface area contributed by atoms with Crippen LogP contribution < -0.4 is 4.74 Å². The number of benzene rings is 1. The van der Waals surface area contributed by atoms with Crippen LogP contribution in [0, 0.1) is 0 Å². The first-order valence-electron chi connectivity index (χ1n) is 4.68. The lowest BCUT2D eigenvalue weighted by atomic mass is 10.1. The van der Waals surface area contributed by atoms with Crippen molar-refractivity contribution in [2.75, 3.05) is 7.11 Å². The highest BCUT2D eigenvalue weighted by molar-refractivity contribution is 5.60. The van der Waals surface area contributed by atoms with Gasteiger partial charge in [-0.3, -0.25) is 5.10 Å². The number of ether oxygens (including phenoxy) is 1. The molecule has 0 amide bonds. The highest BCUT2D eigenvalue weighted by Gasteiger charge is 2.11. The van der Waals surface area contributed by atoms with Gasteiger partial charge in [-0.15, -0.1) is 0 Å². The van der Waals surface area contributed by atoms with E-state index in [1.165, 1.54) is 6.07 Å². The largest absolute Gasteiger partial charge is 0.497 e. The molecule has 1 aromatic heterocycles. The van der Waals surface area contributed by atoms with Gasteiger partial charge in [-0.1, -0.05) is 0 Å². The number of nitrogens with zero attached hydrogens (tertiary/aromatic N) is 1. The second-order valence-corrected chi connectivity index (χ2v) is 3.24. The van der Waals surface area contributed by atoms with Crippen molar-refractivity contribution in [2.45, 2.75) is 6.43 Å². The molecule has 2 rings (SSSR count). The first kappa shape index (κ1) is 10.6. The summed E-state index contributed by atoms with van der Waals surface area (Å²) in [4.78, 5) is 0. The number of H-pyrrole nitrogens is 1. The fraction of sp³-hybridized carbons (Fsp3) is 0.182. The van der Waals surface area contributed by atoms with Crippen molar-refractivity contribution in [1.82, 2.24) is 10.2 Å². The molecule has 0 atom stereocenters. The SMILES string of the molecule is COc1ccc(-c2cc(C(F)F)[nH]n2)cc1. The second-order valence-electron chi connectivity index (χ2n) is 3.24. The van der Waals surface area contributed by atoms with E-state index in [1.807, 2.05) is 0 Å². The summed E-state index contributed by atoms with van der Waals surface area (Å²) in [6.45, 7) is 0. The van der Waals surface area contributed by atoms with E-state index in [9.17, 15) is 8.78 Å². The number of aromatic nitrogens is 2. The summed E-state index contributed by atoms with van der Waals surface area (Å²) in [6, 6.07) is 8.39. The predicted molar refractivity (Wildman–Crippen MR) is 55.5 cm³/mol. The maximum absolute atomic E-state index is 12.3. The highest BCUT2D eigenvalue weighted by Crippen LogP contribution is 2.24. The van der Waals surface area contributed by atoms with Crippen molar-refractivity contribution < 1.29 is 13.5 Å². The van der Waals surface area contributed by atoms with Crippen molar-refractivity contribution in [3.63, 3.8) is 0 Å². The van der Waals surface area contributed by atoms with E-state index in [0.29, 0.717) is 11.4 Å². The Morgan fingerprint density at radius 3 is 2.44 bits per heavy atom. The van der Waals surface area contributed by atoms with Crippen molar-refractivity contribution in [3.8, 4) is 17.0 Å². The molecule has 1 heterocycles. The Hall–Kier alpha value is -1.91. The van der Waals surface area contributed by atoms with Gasteiger partial charge in [0.1, 0.15) is 11.4 Å². The van der Waals surface area contributed by atoms with Crippen molar-refractivity contribution in [1.29, 1.82) is 0 Å². The molecule has 0 aliphatic carbocycles. The molecule has 16 heavy (non-hydrogen) atoms. The molecule has 0 saturated carbocycles. The van der Waals surface area contributed by atoms with Gasteiger partial charge in [0.25, 0.3) is 6.43 Å². The van der Waals surface area contributed by atoms with Crippen LogP contribution in [-0.2, 0) is 0 Å². The molecule has 1 aromatic carbocycles. The number of rotatable bonds is 3. The number of hydrogen-bond acceptors (Lipinski definition) is 2. The van der Waals surface area contributed by atoms with Gasteiger partial charge >= 0.3 is 0 Å². The van der Waals surface area contributed by atoms with Gasteiger partial charge in [0.15, 0.2) is 0 Å². The normalized spacial score (nSPS) is 10.8. The maximum atomic E-state index is 12.3. The zero-order valence-electron chi connectivity index (χ0n) is 8.58. The Balaban J connectivity index is 2.28. The number of methoxy groups -OCH3 is 1. The minimum atomic E-state index is -2.53. The lowest BCUT2D eigenvalue weighted by Gasteiger charge is -1.99. The summed E-state index contributed by atoms with van der Waals surface area (Å²) >= 11 is 0. The monoisotopic (exact) mass is 224 g/mol. The van der Waals surface area contributed by atoms with E-state index in [4.69, 9.17) is 4.74 Å². The van der Waals surface area contributed by atoms with Gasteiger partial charge < -0.3 is 4.74 Å². The first-order chi connectivity index (χ1) is 7.70. The van der Waals surface area contributed by atoms with E-state index in [-0.39, 0.29) is 5.69 Å². The number of halogens is 2. The van der Waals surface area contributed by atoms with Crippen LogP contribution in [0.2, 0.25) is 0 Å². The maximum Gasteiger partial charge on any atom is 0.279 e. The highest BCUT2D eigenvalue weighted by atomic mass is 19.3. The van der Waals surface area contributed by atoms with Crippen LogP contribution in [0.1, 0.15) is 12.1 Å². The Bertz CT molecular complexity index is 465. The standard InChI is InChI=1S/C11H10F2N2O/c1-16-8-4-2-7(3-5-8)9-6-10(11(12)13)15-14-9/h2-6,11H,1H3,(H,14,15). The third kappa shape index (κ3) is 2.03. The third-order valence-electron chi connectivity index (χ3n) is 2.22. The molecule has 0 spiro atoms. The summed E-state index contributed by atoms with van der Waals surface area (Å²) in [6.07, 6.45) is -2.53. The third-order valence-corrected chi connectivity index (χ3v) is 2.22. The van der Waals surface area contributed by atoms with Gasteiger partial charge in [-0.25, -0.2) is 8.78 Å². The zero-order valence-corrected chi connectivity index (χ0v) is 8.58. The Kier molecular flexibility index (Phi) is 2.85. The van der Waals surface area contributed by atoms with Crippen LogP contribution in [0.15, 0.2) is 30.3 Å². The van der Waals surface area contributed by atoms with Crippen LogP contribution in [-0.4, -0.2) is 17.3 Å². The van der Waals surface area contributed by atoms with E-state index in [0.717, 1.165) is 5.56 Å².